The van der Waals surface area contributed by atoms with Crippen molar-refractivity contribution in [3.63, 3.8) is 0 Å². The van der Waals surface area contributed by atoms with Gasteiger partial charge in [0.1, 0.15) is 0 Å². The molecule has 1 heterocycles. The minimum Gasteiger partial charge on any atom is -0.390 e. The number of aliphatic hydroxyl groups is 1. The molecular formula is C17H19F2N3O2. The Hall–Kier alpha value is -2.28. The van der Waals surface area contributed by atoms with Gasteiger partial charge in [-0.1, -0.05) is 24.3 Å². The highest BCUT2D eigenvalue weighted by Gasteiger charge is 2.32. The summed E-state index contributed by atoms with van der Waals surface area (Å²) < 4.78 is 26.4. The first-order valence-corrected chi connectivity index (χ1v) is 7.76. The number of hydrogen-bond acceptors (Lipinski definition) is 3. The van der Waals surface area contributed by atoms with E-state index in [-0.39, 0.29) is 18.0 Å². The lowest BCUT2D eigenvalue weighted by Crippen LogP contribution is -2.35. The second-order valence-electron chi connectivity index (χ2n) is 6.06. The van der Waals surface area contributed by atoms with Crippen LogP contribution in [0.4, 0.5) is 8.78 Å². The maximum atomic E-state index is 12.9. The molecule has 1 aliphatic carbocycles. The van der Waals surface area contributed by atoms with Gasteiger partial charge in [0.15, 0.2) is 0 Å². The van der Waals surface area contributed by atoms with Crippen molar-refractivity contribution in [1.29, 1.82) is 0 Å². The van der Waals surface area contributed by atoms with Crippen molar-refractivity contribution < 1.29 is 18.7 Å². The minimum absolute atomic E-state index is 0.0459. The molecule has 3 rings (SSSR count). The Morgan fingerprint density at radius 3 is 2.79 bits per heavy atom. The Morgan fingerprint density at radius 1 is 1.42 bits per heavy atom. The fourth-order valence-corrected chi connectivity index (χ4v) is 3.28. The summed E-state index contributed by atoms with van der Waals surface area (Å²) in [6, 6.07) is 7.07. The highest BCUT2D eigenvalue weighted by molar-refractivity contribution is 5.79. The smallest absolute Gasteiger partial charge is 0.333 e. The molecule has 2 aromatic rings. The first-order chi connectivity index (χ1) is 11.4. The fraction of sp³-hybridized carbons (Fsp3) is 0.412. The first kappa shape index (κ1) is 16.6. The number of hydrogen-bond donors (Lipinski definition) is 2. The number of aliphatic hydroxyl groups excluding tert-OH is 1. The molecule has 128 valence electrons. The maximum Gasteiger partial charge on any atom is 0.333 e. The van der Waals surface area contributed by atoms with Gasteiger partial charge in [0, 0.05) is 17.7 Å². The summed E-state index contributed by atoms with van der Waals surface area (Å²) in [5.41, 5.74) is 3.09. The molecule has 24 heavy (non-hydrogen) atoms. The topological polar surface area (TPSA) is 67.2 Å². The third kappa shape index (κ3) is 2.91. The number of carbonyl (C=O) groups excluding carboxylic acids is 1. The van der Waals surface area contributed by atoms with Crippen molar-refractivity contribution in [3.05, 3.63) is 52.3 Å². The van der Waals surface area contributed by atoms with Gasteiger partial charge < -0.3 is 10.4 Å². The Morgan fingerprint density at radius 2 is 2.12 bits per heavy atom. The van der Waals surface area contributed by atoms with Crippen LogP contribution < -0.4 is 5.32 Å². The molecule has 0 fully saturated rings. The van der Waals surface area contributed by atoms with E-state index in [1.807, 2.05) is 24.3 Å². The van der Waals surface area contributed by atoms with Gasteiger partial charge in [-0.05, 0) is 25.0 Å². The van der Waals surface area contributed by atoms with Gasteiger partial charge >= 0.3 is 6.55 Å². The van der Waals surface area contributed by atoms with E-state index in [1.165, 1.54) is 6.92 Å². The Kier molecular flexibility index (Phi) is 4.36. The number of carbonyl (C=O) groups is 1. The van der Waals surface area contributed by atoms with E-state index in [2.05, 4.69) is 10.4 Å². The van der Waals surface area contributed by atoms with E-state index in [0.717, 1.165) is 11.1 Å². The molecule has 1 amide bonds. The zero-order valence-electron chi connectivity index (χ0n) is 13.5. The van der Waals surface area contributed by atoms with E-state index in [1.54, 1.807) is 6.92 Å². The lowest BCUT2D eigenvalue weighted by atomic mass is 10.1. The molecule has 5 nitrogen and oxygen atoms in total. The second-order valence-corrected chi connectivity index (χ2v) is 6.06. The van der Waals surface area contributed by atoms with Gasteiger partial charge in [-0.2, -0.15) is 13.9 Å². The molecule has 1 aromatic carbocycles. The van der Waals surface area contributed by atoms with Crippen molar-refractivity contribution in [2.24, 2.45) is 0 Å². The Labute approximate surface area is 138 Å². The number of aryl methyl sites for hydroxylation is 1. The number of benzene rings is 1. The molecule has 0 unspecified atom stereocenters. The van der Waals surface area contributed by atoms with E-state index in [4.69, 9.17) is 0 Å². The highest BCUT2D eigenvalue weighted by Crippen LogP contribution is 2.31. The van der Waals surface area contributed by atoms with E-state index in [0.29, 0.717) is 22.4 Å². The molecule has 0 radical (unpaired) electrons. The van der Waals surface area contributed by atoms with Gasteiger partial charge in [-0.3, -0.25) is 4.79 Å². The number of rotatable bonds is 4. The number of aromatic nitrogens is 2. The van der Waals surface area contributed by atoms with Crippen LogP contribution in [0.1, 0.15) is 40.7 Å². The van der Waals surface area contributed by atoms with E-state index >= 15 is 0 Å². The third-order valence-electron chi connectivity index (χ3n) is 4.52. The number of nitrogens with one attached hydrogen (secondary N) is 1. The van der Waals surface area contributed by atoms with Gasteiger partial charge in [0.2, 0.25) is 5.91 Å². The number of amides is 1. The largest absolute Gasteiger partial charge is 0.390 e. The molecule has 7 heteroatoms. The fourth-order valence-electron chi connectivity index (χ4n) is 3.28. The summed E-state index contributed by atoms with van der Waals surface area (Å²) in [6.07, 6.45) is -0.240. The van der Waals surface area contributed by atoms with Crippen LogP contribution in [0.3, 0.4) is 0 Å². The standard InChI is InChI=1S/C17H19F2N3O2/c1-9-13(10(2)22(21-9)17(18)19)8-15(24)20-16-12-6-4-3-5-11(12)7-14(16)23/h3-6,14,16-17,23H,7-8H2,1-2H3,(H,20,24)/t14-,16+/m1/s1. The quantitative estimate of drug-likeness (QED) is 0.900. The van der Waals surface area contributed by atoms with Crippen LogP contribution in [0.15, 0.2) is 24.3 Å². The normalized spacial score (nSPS) is 19.6. The lowest BCUT2D eigenvalue weighted by Gasteiger charge is -2.18. The van der Waals surface area contributed by atoms with Crippen LogP contribution in [0.2, 0.25) is 0 Å². The van der Waals surface area contributed by atoms with Crippen LogP contribution in [-0.2, 0) is 17.6 Å². The van der Waals surface area contributed by atoms with E-state index in [9.17, 15) is 18.7 Å². The van der Waals surface area contributed by atoms with E-state index < -0.39 is 18.7 Å². The lowest BCUT2D eigenvalue weighted by molar-refractivity contribution is -0.122. The third-order valence-corrected chi connectivity index (χ3v) is 4.52. The van der Waals surface area contributed by atoms with Crippen LogP contribution in [0.25, 0.3) is 0 Å². The monoisotopic (exact) mass is 335 g/mol. The zero-order chi connectivity index (χ0) is 17.4. The van der Waals surface area contributed by atoms with Crippen molar-refractivity contribution in [2.75, 3.05) is 0 Å². The summed E-state index contributed by atoms with van der Waals surface area (Å²) in [5.74, 6) is -0.323. The molecule has 0 saturated carbocycles. The summed E-state index contributed by atoms with van der Waals surface area (Å²) >= 11 is 0. The Bertz CT molecular complexity index is 773. The average molecular weight is 335 g/mol. The van der Waals surface area contributed by atoms with Crippen LogP contribution in [0.5, 0.6) is 0 Å². The predicted molar refractivity (Wildman–Crippen MR) is 83.7 cm³/mol. The summed E-state index contributed by atoms with van der Waals surface area (Å²) in [5, 5.41) is 16.8. The minimum atomic E-state index is -2.73. The molecule has 0 spiro atoms. The average Bonchev–Trinajstić information content (AvgIpc) is 2.99. The number of halogens is 2. The number of alkyl halides is 2. The molecule has 0 bridgehead atoms. The molecule has 1 aromatic heterocycles. The van der Waals surface area contributed by atoms with Crippen molar-refractivity contribution in [3.8, 4) is 0 Å². The van der Waals surface area contributed by atoms with Crippen LogP contribution >= 0.6 is 0 Å². The van der Waals surface area contributed by atoms with Gasteiger partial charge in [-0.25, -0.2) is 4.68 Å². The second kappa shape index (κ2) is 6.32. The summed E-state index contributed by atoms with van der Waals surface area (Å²) in [7, 11) is 0. The molecule has 1 aliphatic rings. The maximum absolute atomic E-state index is 12.9. The predicted octanol–water partition coefficient (Wildman–Crippen LogP) is 2.21. The zero-order valence-corrected chi connectivity index (χ0v) is 13.5. The van der Waals surface area contributed by atoms with Crippen molar-refractivity contribution in [1.82, 2.24) is 15.1 Å². The van der Waals surface area contributed by atoms with Crippen molar-refractivity contribution in [2.45, 2.75) is 45.4 Å². The molecule has 0 saturated heterocycles. The summed E-state index contributed by atoms with van der Waals surface area (Å²) in [4.78, 5) is 12.4. The number of fused-ring (bicyclic) bond motifs is 1. The molecular weight excluding hydrogens is 316 g/mol. The SMILES string of the molecule is Cc1nn(C(F)F)c(C)c1CC(=O)N[C@H]1c2ccccc2C[C@H]1O. The van der Waals surface area contributed by atoms with Crippen molar-refractivity contribution >= 4 is 5.91 Å². The Balaban J connectivity index is 1.75. The molecule has 2 N–H and O–H groups in total. The molecule has 0 aliphatic heterocycles. The van der Waals surface area contributed by atoms with Gasteiger partial charge in [-0.15, -0.1) is 0 Å². The first-order valence-electron chi connectivity index (χ1n) is 7.76. The summed E-state index contributed by atoms with van der Waals surface area (Å²) in [6.45, 7) is 0.395. The van der Waals surface area contributed by atoms with Crippen LogP contribution in [0, 0.1) is 13.8 Å². The van der Waals surface area contributed by atoms with Crippen LogP contribution in [-0.4, -0.2) is 26.9 Å². The number of nitrogens with zero attached hydrogens (tertiary/aromatic N) is 2. The highest BCUT2D eigenvalue weighted by atomic mass is 19.3. The van der Waals surface area contributed by atoms with Gasteiger partial charge in [0.05, 0.1) is 24.3 Å². The van der Waals surface area contributed by atoms with Gasteiger partial charge in [0.25, 0.3) is 0 Å². The molecule has 2 atom stereocenters.